The van der Waals surface area contributed by atoms with Crippen LogP contribution in [0.15, 0.2) is 24.3 Å². The van der Waals surface area contributed by atoms with Gasteiger partial charge in [0.25, 0.3) is 0 Å². The predicted molar refractivity (Wildman–Crippen MR) is 69.3 cm³/mol. The Morgan fingerprint density at radius 1 is 1.16 bits per heavy atom. The van der Waals surface area contributed by atoms with Crippen molar-refractivity contribution in [3.63, 3.8) is 0 Å². The number of hydrogen-bond donors (Lipinski definition) is 1. The first-order chi connectivity index (χ1) is 8.82. The van der Waals surface area contributed by atoms with Crippen molar-refractivity contribution in [3.8, 4) is 5.75 Å². The fourth-order valence-corrected chi connectivity index (χ4v) is 1.55. The average molecular weight is 275 g/mol. The summed E-state index contributed by atoms with van der Waals surface area (Å²) in [5.74, 6) is 0.463. The number of rotatable bonds is 6. The molecule has 0 radical (unpaired) electrons. The molecule has 1 unspecified atom stereocenters. The van der Waals surface area contributed by atoms with Crippen LogP contribution in [0.2, 0.25) is 0 Å². The summed E-state index contributed by atoms with van der Waals surface area (Å²) in [6.45, 7) is 6.72. The van der Waals surface area contributed by atoms with E-state index in [4.69, 9.17) is 4.74 Å². The summed E-state index contributed by atoms with van der Waals surface area (Å²) in [5, 5.41) is 3.25. The molecule has 5 heteroatoms. The molecule has 1 rings (SSSR count). The fraction of sp³-hybridized carbons (Fsp3) is 0.571. The Morgan fingerprint density at radius 2 is 1.74 bits per heavy atom. The van der Waals surface area contributed by atoms with Gasteiger partial charge >= 0.3 is 6.18 Å². The molecule has 0 bridgehead atoms. The predicted octanol–water partition coefficient (Wildman–Crippen LogP) is 3.86. The highest BCUT2D eigenvalue weighted by atomic mass is 19.4. The van der Waals surface area contributed by atoms with Gasteiger partial charge in [0.15, 0.2) is 0 Å². The lowest BCUT2D eigenvalue weighted by Crippen LogP contribution is -2.34. The minimum Gasteiger partial charge on any atom is -0.489 e. The Balaban J connectivity index is 2.60. The molecule has 0 spiro atoms. The number of hydrogen-bond acceptors (Lipinski definition) is 2. The van der Waals surface area contributed by atoms with Gasteiger partial charge in [0, 0.05) is 12.6 Å². The Morgan fingerprint density at radius 3 is 2.16 bits per heavy atom. The van der Waals surface area contributed by atoms with Crippen molar-refractivity contribution in [3.05, 3.63) is 29.8 Å². The summed E-state index contributed by atoms with van der Waals surface area (Å²) in [6.07, 6.45) is -3.55. The molecule has 19 heavy (non-hydrogen) atoms. The first-order valence-electron chi connectivity index (χ1n) is 6.40. The van der Waals surface area contributed by atoms with Crippen molar-refractivity contribution in [2.24, 2.45) is 0 Å². The third kappa shape index (κ3) is 5.51. The van der Waals surface area contributed by atoms with Gasteiger partial charge in [-0.3, -0.25) is 0 Å². The normalized spacial score (nSPS) is 13.6. The molecule has 0 saturated heterocycles. The van der Waals surface area contributed by atoms with E-state index in [1.165, 1.54) is 12.1 Å². The van der Waals surface area contributed by atoms with Crippen LogP contribution in [0.5, 0.6) is 5.75 Å². The second kappa shape index (κ2) is 6.80. The lowest BCUT2D eigenvalue weighted by Gasteiger charge is -2.20. The minimum atomic E-state index is -4.30. The Hall–Kier alpha value is -1.23. The van der Waals surface area contributed by atoms with E-state index in [1.807, 2.05) is 20.8 Å². The van der Waals surface area contributed by atoms with Crippen LogP contribution in [0, 0.1) is 0 Å². The van der Waals surface area contributed by atoms with Crippen molar-refractivity contribution in [2.75, 3.05) is 6.54 Å². The summed E-state index contributed by atoms with van der Waals surface area (Å²) in [5.41, 5.74) is -0.659. The van der Waals surface area contributed by atoms with E-state index in [2.05, 4.69) is 5.32 Å². The summed E-state index contributed by atoms with van der Waals surface area (Å²) in [4.78, 5) is 0. The second-order valence-electron chi connectivity index (χ2n) is 4.73. The van der Waals surface area contributed by atoms with E-state index < -0.39 is 11.7 Å². The summed E-state index contributed by atoms with van der Waals surface area (Å²) in [7, 11) is 0. The first-order valence-corrected chi connectivity index (χ1v) is 6.40. The summed E-state index contributed by atoms with van der Waals surface area (Å²) in [6, 6.07) is 5.16. The highest BCUT2D eigenvalue weighted by Gasteiger charge is 2.30. The zero-order valence-corrected chi connectivity index (χ0v) is 11.4. The lowest BCUT2D eigenvalue weighted by atomic mass is 10.2. The summed E-state index contributed by atoms with van der Waals surface area (Å²) >= 11 is 0. The molecule has 2 nitrogen and oxygen atoms in total. The largest absolute Gasteiger partial charge is 0.489 e. The van der Waals surface area contributed by atoms with Crippen LogP contribution in [0.3, 0.4) is 0 Å². The van der Waals surface area contributed by atoms with Crippen LogP contribution < -0.4 is 10.1 Å². The van der Waals surface area contributed by atoms with Gasteiger partial charge in [-0.15, -0.1) is 0 Å². The molecule has 0 aliphatic carbocycles. The third-order valence-electron chi connectivity index (χ3n) is 2.69. The van der Waals surface area contributed by atoms with Crippen LogP contribution in [-0.2, 0) is 6.18 Å². The van der Waals surface area contributed by atoms with Crippen molar-refractivity contribution >= 4 is 0 Å². The molecule has 1 aromatic carbocycles. The van der Waals surface area contributed by atoms with E-state index in [0.717, 1.165) is 18.6 Å². The van der Waals surface area contributed by atoms with Gasteiger partial charge in [0.2, 0.25) is 0 Å². The standard InChI is InChI=1S/C14H20F3NO/c1-4-12(9-18-10(2)3)19-13-7-5-11(6-8-13)14(15,16)17/h5-8,10,12,18H,4,9H2,1-3H3. The lowest BCUT2D eigenvalue weighted by molar-refractivity contribution is -0.137. The van der Waals surface area contributed by atoms with Crippen molar-refractivity contribution in [2.45, 2.75) is 45.5 Å². The SMILES string of the molecule is CCC(CNC(C)C)Oc1ccc(C(F)(F)F)cc1. The molecule has 0 heterocycles. The maximum Gasteiger partial charge on any atom is 0.416 e. The molecule has 0 fully saturated rings. The molecule has 1 atom stereocenters. The molecule has 1 aromatic rings. The minimum absolute atomic E-state index is 0.0425. The second-order valence-corrected chi connectivity index (χ2v) is 4.73. The van der Waals surface area contributed by atoms with E-state index >= 15 is 0 Å². The number of benzene rings is 1. The Bertz CT molecular complexity index is 373. The van der Waals surface area contributed by atoms with Crippen molar-refractivity contribution < 1.29 is 17.9 Å². The number of alkyl halides is 3. The summed E-state index contributed by atoms with van der Waals surface area (Å²) < 4.78 is 42.9. The van der Waals surface area contributed by atoms with E-state index in [9.17, 15) is 13.2 Å². The molecule has 0 saturated carbocycles. The van der Waals surface area contributed by atoms with Gasteiger partial charge in [0.1, 0.15) is 11.9 Å². The van der Waals surface area contributed by atoms with E-state index in [0.29, 0.717) is 18.3 Å². The molecular formula is C14H20F3NO. The average Bonchev–Trinajstić information content (AvgIpc) is 2.33. The van der Waals surface area contributed by atoms with Crippen LogP contribution in [0.1, 0.15) is 32.8 Å². The van der Waals surface area contributed by atoms with Crippen LogP contribution >= 0.6 is 0 Å². The van der Waals surface area contributed by atoms with Gasteiger partial charge in [-0.05, 0) is 30.7 Å². The maximum absolute atomic E-state index is 12.4. The van der Waals surface area contributed by atoms with Gasteiger partial charge in [-0.25, -0.2) is 0 Å². The molecular weight excluding hydrogens is 255 g/mol. The smallest absolute Gasteiger partial charge is 0.416 e. The van der Waals surface area contributed by atoms with Crippen LogP contribution in [0.4, 0.5) is 13.2 Å². The third-order valence-corrected chi connectivity index (χ3v) is 2.69. The Kier molecular flexibility index (Phi) is 5.66. The molecule has 1 N–H and O–H groups in total. The molecule has 108 valence electrons. The van der Waals surface area contributed by atoms with Crippen molar-refractivity contribution in [1.82, 2.24) is 5.32 Å². The number of ether oxygens (including phenoxy) is 1. The zero-order valence-electron chi connectivity index (χ0n) is 11.4. The molecule has 0 amide bonds. The van der Waals surface area contributed by atoms with E-state index in [1.54, 1.807) is 0 Å². The van der Waals surface area contributed by atoms with Gasteiger partial charge < -0.3 is 10.1 Å². The maximum atomic E-state index is 12.4. The topological polar surface area (TPSA) is 21.3 Å². The van der Waals surface area contributed by atoms with Gasteiger partial charge in [0.05, 0.1) is 5.56 Å². The highest BCUT2D eigenvalue weighted by Crippen LogP contribution is 2.30. The van der Waals surface area contributed by atoms with Crippen LogP contribution in [0.25, 0.3) is 0 Å². The van der Waals surface area contributed by atoms with E-state index in [-0.39, 0.29) is 6.10 Å². The molecule has 0 aliphatic rings. The number of halogens is 3. The number of nitrogens with one attached hydrogen (secondary N) is 1. The molecule has 0 aromatic heterocycles. The fourth-order valence-electron chi connectivity index (χ4n) is 1.55. The van der Waals surface area contributed by atoms with Gasteiger partial charge in [-0.2, -0.15) is 13.2 Å². The molecule has 0 aliphatic heterocycles. The monoisotopic (exact) mass is 275 g/mol. The van der Waals surface area contributed by atoms with Crippen LogP contribution in [-0.4, -0.2) is 18.7 Å². The van der Waals surface area contributed by atoms with Crippen molar-refractivity contribution in [1.29, 1.82) is 0 Å². The quantitative estimate of drug-likeness (QED) is 0.851. The van der Waals surface area contributed by atoms with Gasteiger partial charge in [-0.1, -0.05) is 20.8 Å². The first kappa shape index (κ1) is 15.8. The zero-order chi connectivity index (χ0) is 14.5. The highest BCUT2D eigenvalue weighted by molar-refractivity contribution is 5.29. The Labute approximate surface area is 112 Å².